The maximum Gasteiger partial charge on any atom is 0.251 e. The molecule has 2 aromatic heterocycles. The lowest BCUT2D eigenvalue weighted by Crippen LogP contribution is -2.08. The predicted octanol–water partition coefficient (Wildman–Crippen LogP) is 2.49. The molecule has 1 N–H and O–H groups in total. The minimum Gasteiger partial charge on any atom is -0.306 e. The highest BCUT2D eigenvalue weighted by molar-refractivity contribution is 6.30. The Morgan fingerprint density at radius 2 is 2.10 bits per heavy atom. The fourth-order valence-corrected chi connectivity index (χ4v) is 2.12. The summed E-state index contributed by atoms with van der Waals surface area (Å²) in [6, 6.07) is 8.64. The molecular weight excluding hydrogens is 276 g/mol. The summed E-state index contributed by atoms with van der Waals surface area (Å²) in [7, 11) is 1.81. The van der Waals surface area contributed by atoms with E-state index >= 15 is 0 Å². The van der Waals surface area contributed by atoms with E-state index in [1.165, 1.54) is 6.07 Å². The van der Waals surface area contributed by atoms with E-state index in [1.54, 1.807) is 23.0 Å². The van der Waals surface area contributed by atoms with Gasteiger partial charge >= 0.3 is 0 Å². The molecule has 0 aliphatic carbocycles. The molecule has 0 atom stereocenters. The van der Waals surface area contributed by atoms with Crippen LogP contribution in [-0.4, -0.2) is 19.7 Å². The molecule has 100 valence electrons. The van der Waals surface area contributed by atoms with Gasteiger partial charge in [0.1, 0.15) is 5.82 Å². The van der Waals surface area contributed by atoms with Gasteiger partial charge in [0.2, 0.25) is 0 Å². The van der Waals surface area contributed by atoms with Gasteiger partial charge in [-0.3, -0.25) is 9.48 Å². The summed E-state index contributed by atoms with van der Waals surface area (Å²) in [5, 5.41) is 4.68. The third kappa shape index (κ3) is 2.48. The Kier molecular flexibility index (Phi) is 3.12. The summed E-state index contributed by atoms with van der Waals surface area (Å²) in [5.41, 5.74) is 1.92. The Labute approximate surface area is 119 Å². The summed E-state index contributed by atoms with van der Waals surface area (Å²) < 4.78 is 1.66. The molecule has 0 saturated heterocycles. The van der Waals surface area contributed by atoms with E-state index in [9.17, 15) is 4.79 Å². The molecule has 0 radical (unpaired) electrons. The minimum absolute atomic E-state index is 0.214. The Hall–Kier alpha value is -2.40. The van der Waals surface area contributed by atoms with Crippen LogP contribution in [0.15, 0.2) is 47.5 Å². The van der Waals surface area contributed by atoms with Gasteiger partial charge in [0.15, 0.2) is 0 Å². The van der Waals surface area contributed by atoms with Crippen molar-refractivity contribution in [2.75, 3.05) is 0 Å². The zero-order chi connectivity index (χ0) is 14.1. The van der Waals surface area contributed by atoms with Crippen LogP contribution in [0.2, 0.25) is 5.02 Å². The van der Waals surface area contributed by atoms with E-state index in [4.69, 9.17) is 11.6 Å². The third-order valence-electron chi connectivity index (χ3n) is 2.84. The Balaban J connectivity index is 2.14. The number of aromatic amines is 1. The molecule has 2 heterocycles. The number of hydrogen-bond donors (Lipinski definition) is 1. The van der Waals surface area contributed by atoms with Crippen molar-refractivity contribution in [3.8, 4) is 22.6 Å². The van der Waals surface area contributed by atoms with E-state index in [0.29, 0.717) is 16.5 Å². The van der Waals surface area contributed by atoms with Crippen LogP contribution in [0.1, 0.15) is 0 Å². The molecular formula is C14H11ClN4O. The second kappa shape index (κ2) is 4.94. The first-order chi connectivity index (χ1) is 9.61. The second-order valence-corrected chi connectivity index (χ2v) is 4.83. The SMILES string of the molecule is Cn1cc(-c2cc(=O)[nH]c(-c3cccc(Cl)c3)n2)cn1. The molecule has 0 bridgehead atoms. The topological polar surface area (TPSA) is 63.6 Å². The number of H-pyrrole nitrogens is 1. The maximum absolute atomic E-state index is 11.8. The highest BCUT2D eigenvalue weighted by atomic mass is 35.5. The Morgan fingerprint density at radius 3 is 2.80 bits per heavy atom. The van der Waals surface area contributed by atoms with Crippen molar-refractivity contribution in [1.29, 1.82) is 0 Å². The van der Waals surface area contributed by atoms with Gasteiger partial charge in [-0.05, 0) is 12.1 Å². The number of rotatable bonds is 2. The Morgan fingerprint density at radius 1 is 1.25 bits per heavy atom. The van der Waals surface area contributed by atoms with Crippen LogP contribution in [0.4, 0.5) is 0 Å². The molecule has 0 aliphatic heterocycles. The first-order valence-electron chi connectivity index (χ1n) is 5.98. The molecule has 5 nitrogen and oxygen atoms in total. The van der Waals surface area contributed by atoms with Gasteiger partial charge in [-0.2, -0.15) is 5.10 Å². The molecule has 3 rings (SSSR count). The monoisotopic (exact) mass is 286 g/mol. The van der Waals surface area contributed by atoms with Crippen molar-refractivity contribution < 1.29 is 0 Å². The van der Waals surface area contributed by atoms with E-state index < -0.39 is 0 Å². The van der Waals surface area contributed by atoms with Gasteiger partial charge in [0, 0.05) is 35.5 Å². The lowest BCUT2D eigenvalue weighted by molar-refractivity contribution is 0.768. The molecule has 3 aromatic rings. The average Bonchev–Trinajstić information content (AvgIpc) is 2.85. The predicted molar refractivity (Wildman–Crippen MR) is 77.5 cm³/mol. The molecule has 0 saturated carbocycles. The molecule has 0 unspecified atom stereocenters. The zero-order valence-electron chi connectivity index (χ0n) is 10.7. The highest BCUT2D eigenvalue weighted by Crippen LogP contribution is 2.21. The first kappa shape index (κ1) is 12.6. The van der Waals surface area contributed by atoms with Gasteiger partial charge in [-0.15, -0.1) is 0 Å². The minimum atomic E-state index is -0.214. The lowest BCUT2D eigenvalue weighted by atomic mass is 10.2. The van der Waals surface area contributed by atoms with Crippen LogP contribution in [0, 0.1) is 0 Å². The summed E-state index contributed by atoms with van der Waals surface area (Å²) >= 11 is 5.96. The number of halogens is 1. The van der Waals surface area contributed by atoms with Crippen LogP contribution < -0.4 is 5.56 Å². The van der Waals surface area contributed by atoms with Crippen LogP contribution in [0.5, 0.6) is 0 Å². The van der Waals surface area contributed by atoms with Crippen molar-refractivity contribution in [1.82, 2.24) is 19.7 Å². The largest absolute Gasteiger partial charge is 0.306 e. The van der Waals surface area contributed by atoms with Gasteiger partial charge in [-0.1, -0.05) is 23.7 Å². The van der Waals surface area contributed by atoms with Gasteiger partial charge in [0.25, 0.3) is 5.56 Å². The van der Waals surface area contributed by atoms with E-state index in [2.05, 4.69) is 15.1 Å². The van der Waals surface area contributed by atoms with Crippen molar-refractivity contribution in [2.24, 2.45) is 7.05 Å². The molecule has 1 aromatic carbocycles. The normalized spacial score (nSPS) is 10.7. The van der Waals surface area contributed by atoms with Gasteiger partial charge in [0.05, 0.1) is 11.9 Å². The molecule has 0 fully saturated rings. The standard InChI is InChI=1S/C14H11ClN4O/c1-19-8-10(7-16-19)12-6-13(20)18-14(17-12)9-3-2-4-11(15)5-9/h2-8H,1H3,(H,17,18,20). The first-order valence-corrected chi connectivity index (χ1v) is 6.36. The highest BCUT2D eigenvalue weighted by Gasteiger charge is 2.08. The molecule has 20 heavy (non-hydrogen) atoms. The van der Waals surface area contributed by atoms with Crippen LogP contribution in [0.25, 0.3) is 22.6 Å². The van der Waals surface area contributed by atoms with Crippen LogP contribution in [0.3, 0.4) is 0 Å². The fourth-order valence-electron chi connectivity index (χ4n) is 1.93. The number of nitrogens with zero attached hydrogens (tertiary/aromatic N) is 3. The molecule has 0 aliphatic rings. The lowest BCUT2D eigenvalue weighted by Gasteiger charge is -2.03. The molecule has 6 heteroatoms. The Bertz CT molecular complexity index is 822. The van der Waals surface area contributed by atoms with Crippen LogP contribution in [-0.2, 0) is 7.05 Å². The van der Waals surface area contributed by atoms with Gasteiger partial charge < -0.3 is 4.98 Å². The average molecular weight is 287 g/mol. The van der Waals surface area contributed by atoms with E-state index in [1.807, 2.05) is 25.4 Å². The van der Waals surface area contributed by atoms with Crippen molar-refractivity contribution in [2.45, 2.75) is 0 Å². The van der Waals surface area contributed by atoms with Crippen molar-refractivity contribution in [3.63, 3.8) is 0 Å². The second-order valence-electron chi connectivity index (χ2n) is 4.39. The zero-order valence-corrected chi connectivity index (χ0v) is 11.4. The molecule has 0 amide bonds. The smallest absolute Gasteiger partial charge is 0.251 e. The van der Waals surface area contributed by atoms with E-state index in [-0.39, 0.29) is 5.56 Å². The van der Waals surface area contributed by atoms with E-state index in [0.717, 1.165) is 11.1 Å². The number of nitrogens with one attached hydrogen (secondary N) is 1. The number of aromatic nitrogens is 4. The number of hydrogen-bond acceptors (Lipinski definition) is 3. The molecule has 0 spiro atoms. The van der Waals surface area contributed by atoms with Gasteiger partial charge in [-0.25, -0.2) is 4.98 Å². The van der Waals surface area contributed by atoms with Crippen LogP contribution >= 0.6 is 11.6 Å². The quantitative estimate of drug-likeness (QED) is 0.787. The van der Waals surface area contributed by atoms with Crippen molar-refractivity contribution >= 4 is 11.6 Å². The summed E-state index contributed by atoms with van der Waals surface area (Å²) in [6.45, 7) is 0. The maximum atomic E-state index is 11.8. The fraction of sp³-hybridized carbons (Fsp3) is 0.0714. The van der Waals surface area contributed by atoms with Crippen molar-refractivity contribution in [3.05, 3.63) is 58.1 Å². The third-order valence-corrected chi connectivity index (χ3v) is 3.08. The summed E-state index contributed by atoms with van der Waals surface area (Å²) in [4.78, 5) is 19.0. The number of aryl methyl sites for hydroxylation is 1. The summed E-state index contributed by atoms with van der Waals surface area (Å²) in [6.07, 6.45) is 3.48. The summed E-state index contributed by atoms with van der Waals surface area (Å²) in [5.74, 6) is 0.485. The number of benzene rings is 1.